The Bertz CT molecular complexity index is 302. The van der Waals surface area contributed by atoms with Crippen LogP contribution in [-0.2, 0) is 10.0 Å². The molecule has 0 aromatic heterocycles. The van der Waals surface area contributed by atoms with Gasteiger partial charge in [-0.3, -0.25) is 0 Å². The van der Waals surface area contributed by atoms with Crippen LogP contribution in [0.15, 0.2) is 0 Å². The molecule has 1 fully saturated rings. The van der Waals surface area contributed by atoms with E-state index in [9.17, 15) is 13.5 Å². The number of sulfonamides is 1. The van der Waals surface area contributed by atoms with Crippen molar-refractivity contribution >= 4 is 10.0 Å². The van der Waals surface area contributed by atoms with Crippen molar-refractivity contribution in [1.82, 2.24) is 4.31 Å². The quantitative estimate of drug-likeness (QED) is 0.770. The summed E-state index contributed by atoms with van der Waals surface area (Å²) in [4.78, 5) is 0. The fourth-order valence-electron chi connectivity index (χ4n) is 2.16. The standard InChI is InChI=1S/C11H23NO3S/c1-3-4-8-16(14,15)12(2)9-10-6-5-7-11(10)13/h10-11,13H,3-9H2,1-2H3. The summed E-state index contributed by atoms with van der Waals surface area (Å²) in [6.07, 6.45) is 4.04. The molecule has 1 aliphatic carbocycles. The maximum atomic E-state index is 11.8. The molecule has 0 bridgehead atoms. The van der Waals surface area contributed by atoms with Gasteiger partial charge in [0.2, 0.25) is 10.0 Å². The average Bonchev–Trinajstić information content (AvgIpc) is 2.61. The molecule has 0 aromatic carbocycles. The zero-order valence-corrected chi connectivity index (χ0v) is 11.0. The van der Waals surface area contributed by atoms with E-state index >= 15 is 0 Å². The van der Waals surface area contributed by atoms with Gasteiger partial charge in [0, 0.05) is 13.6 Å². The first kappa shape index (κ1) is 13.9. The number of rotatable bonds is 6. The Kier molecular flexibility index (Phi) is 5.21. The van der Waals surface area contributed by atoms with Crippen LogP contribution in [0.4, 0.5) is 0 Å². The SMILES string of the molecule is CCCCS(=O)(=O)N(C)CC1CCCC1O. The van der Waals surface area contributed by atoms with Crippen molar-refractivity contribution in [2.75, 3.05) is 19.3 Å². The van der Waals surface area contributed by atoms with E-state index in [-0.39, 0.29) is 17.8 Å². The molecule has 1 N–H and O–H groups in total. The lowest BCUT2D eigenvalue weighted by Crippen LogP contribution is -2.35. The van der Waals surface area contributed by atoms with Gasteiger partial charge in [0.25, 0.3) is 0 Å². The zero-order valence-electron chi connectivity index (χ0n) is 10.2. The number of unbranched alkanes of at least 4 members (excludes halogenated alkanes) is 1. The molecular formula is C11H23NO3S. The molecule has 0 spiro atoms. The number of hydrogen-bond donors (Lipinski definition) is 1. The molecule has 4 nitrogen and oxygen atoms in total. The van der Waals surface area contributed by atoms with E-state index in [1.807, 2.05) is 6.92 Å². The maximum absolute atomic E-state index is 11.8. The first-order chi connectivity index (χ1) is 7.47. The zero-order chi connectivity index (χ0) is 12.2. The van der Waals surface area contributed by atoms with Crippen LogP contribution < -0.4 is 0 Å². The highest BCUT2D eigenvalue weighted by Crippen LogP contribution is 2.26. The minimum absolute atomic E-state index is 0.126. The first-order valence-corrected chi connectivity index (χ1v) is 7.70. The van der Waals surface area contributed by atoms with E-state index in [0.29, 0.717) is 13.0 Å². The van der Waals surface area contributed by atoms with Gasteiger partial charge in [0.1, 0.15) is 0 Å². The number of nitrogens with zero attached hydrogens (tertiary/aromatic N) is 1. The van der Waals surface area contributed by atoms with Crippen LogP contribution in [-0.4, -0.2) is 43.3 Å². The van der Waals surface area contributed by atoms with E-state index in [0.717, 1.165) is 25.7 Å². The summed E-state index contributed by atoms with van der Waals surface area (Å²) in [5.41, 5.74) is 0. The molecule has 0 aromatic rings. The topological polar surface area (TPSA) is 57.6 Å². The van der Waals surface area contributed by atoms with Crippen molar-refractivity contribution in [3.8, 4) is 0 Å². The summed E-state index contributed by atoms with van der Waals surface area (Å²) in [6, 6.07) is 0. The summed E-state index contributed by atoms with van der Waals surface area (Å²) in [5, 5.41) is 9.66. The van der Waals surface area contributed by atoms with Gasteiger partial charge in [-0.15, -0.1) is 0 Å². The number of aliphatic hydroxyl groups is 1. The van der Waals surface area contributed by atoms with Crippen LogP contribution >= 0.6 is 0 Å². The summed E-state index contributed by atoms with van der Waals surface area (Å²) >= 11 is 0. The third-order valence-electron chi connectivity index (χ3n) is 3.34. The van der Waals surface area contributed by atoms with Crippen LogP contribution in [0, 0.1) is 5.92 Å². The van der Waals surface area contributed by atoms with E-state index < -0.39 is 10.0 Å². The normalized spacial score (nSPS) is 26.5. The molecule has 1 rings (SSSR count). The van der Waals surface area contributed by atoms with Crippen molar-refractivity contribution in [2.24, 2.45) is 5.92 Å². The van der Waals surface area contributed by atoms with Crippen LogP contribution in [0.5, 0.6) is 0 Å². The second-order valence-electron chi connectivity index (χ2n) is 4.71. The predicted octanol–water partition coefficient (Wildman–Crippen LogP) is 1.21. The largest absolute Gasteiger partial charge is 0.393 e. The fourth-order valence-corrected chi connectivity index (χ4v) is 3.54. The lowest BCUT2D eigenvalue weighted by Gasteiger charge is -2.22. The molecule has 0 amide bonds. The Morgan fingerprint density at radius 2 is 2.06 bits per heavy atom. The van der Waals surface area contributed by atoms with Gasteiger partial charge in [-0.2, -0.15) is 0 Å². The van der Waals surface area contributed by atoms with Gasteiger partial charge in [-0.05, 0) is 25.2 Å². The molecule has 0 aliphatic heterocycles. The Labute approximate surface area is 98.7 Å². The molecule has 1 saturated carbocycles. The molecule has 2 atom stereocenters. The smallest absolute Gasteiger partial charge is 0.213 e. The molecule has 0 saturated heterocycles. The lowest BCUT2D eigenvalue weighted by atomic mass is 10.1. The third kappa shape index (κ3) is 3.71. The number of aliphatic hydroxyl groups excluding tert-OH is 1. The minimum atomic E-state index is -3.11. The van der Waals surface area contributed by atoms with Crippen LogP contribution in [0.3, 0.4) is 0 Å². The van der Waals surface area contributed by atoms with Gasteiger partial charge >= 0.3 is 0 Å². The molecule has 2 unspecified atom stereocenters. The van der Waals surface area contributed by atoms with E-state index in [1.165, 1.54) is 4.31 Å². The van der Waals surface area contributed by atoms with Crippen LogP contribution in [0.25, 0.3) is 0 Å². The van der Waals surface area contributed by atoms with E-state index in [1.54, 1.807) is 7.05 Å². The van der Waals surface area contributed by atoms with Crippen molar-refractivity contribution in [3.63, 3.8) is 0 Å². The highest BCUT2D eigenvalue weighted by atomic mass is 32.2. The Morgan fingerprint density at radius 3 is 2.56 bits per heavy atom. The van der Waals surface area contributed by atoms with Crippen molar-refractivity contribution in [2.45, 2.75) is 45.1 Å². The van der Waals surface area contributed by atoms with Gasteiger partial charge < -0.3 is 5.11 Å². The predicted molar refractivity (Wildman–Crippen MR) is 64.7 cm³/mol. The van der Waals surface area contributed by atoms with E-state index in [4.69, 9.17) is 0 Å². The second kappa shape index (κ2) is 5.98. The Balaban J connectivity index is 2.47. The molecule has 16 heavy (non-hydrogen) atoms. The van der Waals surface area contributed by atoms with Crippen molar-refractivity contribution < 1.29 is 13.5 Å². The van der Waals surface area contributed by atoms with Gasteiger partial charge in [0.15, 0.2) is 0 Å². The van der Waals surface area contributed by atoms with E-state index in [2.05, 4.69) is 0 Å². The van der Waals surface area contributed by atoms with Crippen LogP contribution in [0.1, 0.15) is 39.0 Å². The Morgan fingerprint density at radius 1 is 1.38 bits per heavy atom. The lowest BCUT2D eigenvalue weighted by molar-refractivity contribution is 0.123. The van der Waals surface area contributed by atoms with Gasteiger partial charge in [-0.1, -0.05) is 19.8 Å². The van der Waals surface area contributed by atoms with Crippen LogP contribution in [0.2, 0.25) is 0 Å². The molecular weight excluding hydrogens is 226 g/mol. The summed E-state index contributed by atoms with van der Waals surface area (Å²) in [6.45, 7) is 2.45. The summed E-state index contributed by atoms with van der Waals surface area (Å²) in [5.74, 6) is 0.351. The monoisotopic (exact) mass is 249 g/mol. The summed E-state index contributed by atoms with van der Waals surface area (Å²) in [7, 11) is -1.49. The third-order valence-corrected chi connectivity index (χ3v) is 5.24. The van der Waals surface area contributed by atoms with Crippen molar-refractivity contribution in [3.05, 3.63) is 0 Å². The first-order valence-electron chi connectivity index (χ1n) is 6.09. The molecule has 5 heteroatoms. The fraction of sp³-hybridized carbons (Fsp3) is 1.00. The molecule has 0 radical (unpaired) electrons. The molecule has 1 aliphatic rings. The maximum Gasteiger partial charge on any atom is 0.213 e. The van der Waals surface area contributed by atoms with Gasteiger partial charge in [0.05, 0.1) is 11.9 Å². The average molecular weight is 249 g/mol. The molecule has 0 heterocycles. The minimum Gasteiger partial charge on any atom is -0.393 e. The Hall–Kier alpha value is -0.130. The molecule has 96 valence electrons. The highest BCUT2D eigenvalue weighted by molar-refractivity contribution is 7.89. The van der Waals surface area contributed by atoms with Crippen molar-refractivity contribution in [1.29, 1.82) is 0 Å². The highest BCUT2D eigenvalue weighted by Gasteiger charge is 2.29. The number of hydrogen-bond acceptors (Lipinski definition) is 3. The second-order valence-corrected chi connectivity index (χ2v) is 6.90. The summed E-state index contributed by atoms with van der Waals surface area (Å²) < 4.78 is 25.1. The van der Waals surface area contributed by atoms with Gasteiger partial charge in [-0.25, -0.2) is 12.7 Å².